The number of rotatable bonds is 6. The van der Waals surface area contributed by atoms with Crippen molar-refractivity contribution in [1.29, 1.82) is 0 Å². The maximum absolute atomic E-state index is 12.6. The summed E-state index contributed by atoms with van der Waals surface area (Å²) in [7, 11) is 1.57. The molecule has 0 aliphatic heterocycles. The molecule has 0 bridgehead atoms. The number of carbonyl (C=O) groups is 1. The Kier molecular flexibility index (Phi) is 5.89. The summed E-state index contributed by atoms with van der Waals surface area (Å²) < 4.78 is 5.30. The molecule has 0 aliphatic carbocycles. The van der Waals surface area contributed by atoms with Gasteiger partial charge in [0.05, 0.1) is 25.2 Å². The summed E-state index contributed by atoms with van der Waals surface area (Å²) >= 11 is 0. The Hall–Kier alpha value is -3.41. The summed E-state index contributed by atoms with van der Waals surface area (Å²) in [6.07, 6.45) is 3.11. The van der Waals surface area contributed by atoms with Crippen molar-refractivity contribution in [1.82, 2.24) is 9.97 Å². The smallest absolute Gasteiger partial charge is 0.275 e. The molecule has 0 aliphatic rings. The molecule has 1 amide bonds. The standard InChI is InChI=1S/C22H24N4O2/c1-5-26(17-8-6-7-15(2)11-17)21-14-23-19(13-24-21)22(27)25-18-12-16(3)9-10-20(18)28-4/h6-14H,5H2,1-4H3,(H,25,27). The van der Waals surface area contributed by atoms with E-state index < -0.39 is 0 Å². The Morgan fingerprint density at radius 1 is 1.07 bits per heavy atom. The van der Waals surface area contributed by atoms with Crippen LogP contribution in [0.15, 0.2) is 54.9 Å². The van der Waals surface area contributed by atoms with Crippen molar-refractivity contribution in [2.75, 3.05) is 23.9 Å². The number of hydrogen-bond donors (Lipinski definition) is 1. The van der Waals surface area contributed by atoms with Gasteiger partial charge in [0.2, 0.25) is 0 Å². The van der Waals surface area contributed by atoms with Crippen molar-refractivity contribution in [3.63, 3.8) is 0 Å². The van der Waals surface area contributed by atoms with E-state index in [0.29, 0.717) is 17.3 Å². The quantitative estimate of drug-likeness (QED) is 0.685. The molecule has 28 heavy (non-hydrogen) atoms. The van der Waals surface area contributed by atoms with Crippen molar-refractivity contribution in [2.45, 2.75) is 20.8 Å². The lowest BCUT2D eigenvalue weighted by molar-refractivity contribution is 0.102. The highest BCUT2D eigenvalue weighted by atomic mass is 16.5. The highest BCUT2D eigenvalue weighted by Crippen LogP contribution is 2.26. The minimum Gasteiger partial charge on any atom is -0.495 e. The maximum atomic E-state index is 12.6. The minimum absolute atomic E-state index is 0.243. The molecule has 0 saturated carbocycles. The first-order chi connectivity index (χ1) is 13.5. The summed E-state index contributed by atoms with van der Waals surface area (Å²) in [5.74, 6) is 0.958. The van der Waals surface area contributed by atoms with E-state index in [1.807, 2.05) is 42.2 Å². The van der Waals surface area contributed by atoms with Gasteiger partial charge in [0.1, 0.15) is 11.4 Å². The predicted molar refractivity (Wildman–Crippen MR) is 112 cm³/mol. The van der Waals surface area contributed by atoms with Crippen LogP contribution in [0, 0.1) is 13.8 Å². The largest absolute Gasteiger partial charge is 0.495 e. The number of nitrogens with one attached hydrogen (secondary N) is 1. The highest BCUT2D eigenvalue weighted by molar-refractivity contribution is 6.03. The van der Waals surface area contributed by atoms with Crippen LogP contribution in [0.1, 0.15) is 28.5 Å². The average Bonchev–Trinajstić information content (AvgIpc) is 2.69. The average molecular weight is 376 g/mol. The van der Waals surface area contributed by atoms with Crippen LogP contribution >= 0.6 is 0 Å². The zero-order chi connectivity index (χ0) is 20.1. The first-order valence-electron chi connectivity index (χ1n) is 9.14. The number of methoxy groups -OCH3 is 1. The van der Waals surface area contributed by atoms with Crippen LogP contribution in [0.3, 0.4) is 0 Å². The number of ether oxygens (including phenoxy) is 1. The molecule has 3 rings (SSSR count). The van der Waals surface area contributed by atoms with E-state index in [9.17, 15) is 4.79 Å². The van der Waals surface area contributed by atoms with Crippen molar-refractivity contribution in [3.05, 3.63) is 71.7 Å². The number of amides is 1. The predicted octanol–water partition coefficient (Wildman–Crippen LogP) is 4.51. The number of nitrogens with zero attached hydrogens (tertiary/aromatic N) is 3. The van der Waals surface area contributed by atoms with E-state index >= 15 is 0 Å². The molecule has 1 aromatic heterocycles. The van der Waals surface area contributed by atoms with Crippen molar-refractivity contribution < 1.29 is 9.53 Å². The zero-order valence-corrected chi connectivity index (χ0v) is 16.6. The van der Waals surface area contributed by atoms with E-state index in [0.717, 1.165) is 17.8 Å². The fourth-order valence-electron chi connectivity index (χ4n) is 2.96. The van der Waals surface area contributed by atoms with Gasteiger partial charge in [-0.05, 0) is 56.2 Å². The third-order valence-electron chi connectivity index (χ3n) is 4.38. The molecule has 1 heterocycles. The molecular formula is C22H24N4O2. The lowest BCUT2D eigenvalue weighted by Crippen LogP contribution is -2.19. The summed E-state index contributed by atoms with van der Waals surface area (Å²) in [4.78, 5) is 23.4. The minimum atomic E-state index is -0.332. The molecule has 144 valence electrons. The van der Waals surface area contributed by atoms with Gasteiger partial charge >= 0.3 is 0 Å². The molecule has 0 radical (unpaired) electrons. The van der Waals surface area contributed by atoms with E-state index in [-0.39, 0.29) is 11.6 Å². The summed E-state index contributed by atoms with van der Waals surface area (Å²) in [5.41, 5.74) is 4.08. The van der Waals surface area contributed by atoms with Crippen molar-refractivity contribution in [2.24, 2.45) is 0 Å². The van der Waals surface area contributed by atoms with Crippen LogP contribution in [0.4, 0.5) is 17.2 Å². The molecule has 6 nitrogen and oxygen atoms in total. The molecular weight excluding hydrogens is 352 g/mol. The Morgan fingerprint density at radius 2 is 1.86 bits per heavy atom. The summed E-state index contributed by atoms with van der Waals surface area (Å²) in [5, 5.41) is 2.84. The summed E-state index contributed by atoms with van der Waals surface area (Å²) in [6, 6.07) is 13.8. The monoisotopic (exact) mass is 376 g/mol. The van der Waals surface area contributed by atoms with Gasteiger partial charge in [-0.3, -0.25) is 4.79 Å². The van der Waals surface area contributed by atoms with Crippen LogP contribution in [-0.4, -0.2) is 29.5 Å². The molecule has 0 fully saturated rings. The zero-order valence-electron chi connectivity index (χ0n) is 16.6. The number of hydrogen-bond acceptors (Lipinski definition) is 5. The van der Waals surface area contributed by atoms with E-state index in [2.05, 4.69) is 41.3 Å². The molecule has 0 atom stereocenters. The number of aromatic nitrogens is 2. The maximum Gasteiger partial charge on any atom is 0.275 e. The second-order valence-electron chi connectivity index (χ2n) is 6.50. The van der Waals surface area contributed by atoms with Gasteiger partial charge < -0.3 is 15.0 Å². The molecule has 1 N–H and O–H groups in total. The molecule has 0 spiro atoms. The van der Waals surface area contributed by atoms with Gasteiger partial charge in [-0.1, -0.05) is 18.2 Å². The van der Waals surface area contributed by atoms with Crippen LogP contribution in [-0.2, 0) is 0 Å². The van der Waals surface area contributed by atoms with Crippen LogP contribution in [0.2, 0.25) is 0 Å². The summed E-state index contributed by atoms with van der Waals surface area (Å²) in [6.45, 7) is 6.79. The lowest BCUT2D eigenvalue weighted by atomic mass is 10.2. The van der Waals surface area contributed by atoms with Gasteiger partial charge in [0.15, 0.2) is 5.82 Å². The van der Waals surface area contributed by atoms with Crippen LogP contribution in [0.25, 0.3) is 0 Å². The Balaban J connectivity index is 1.80. The topological polar surface area (TPSA) is 67.4 Å². The van der Waals surface area contributed by atoms with Crippen molar-refractivity contribution in [3.8, 4) is 5.75 Å². The molecule has 6 heteroatoms. The van der Waals surface area contributed by atoms with Gasteiger partial charge in [-0.15, -0.1) is 0 Å². The third kappa shape index (κ3) is 4.28. The Bertz CT molecular complexity index is 971. The second kappa shape index (κ2) is 8.52. The van der Waals surface area contributed by atoms with E-state index in [4.69, 9.17) is 4.74 Å². The molecule has 3 aromatic rings. The number of aryl methyl sites for hydroxylation is 2. The second-order valence-corrected chi connectivity index (χ2v) is 6.50. The lowest BCUT2D eigenvalue weighted by Gasteiger charge is -2.22. The van der Waals surface area contributed by atoms with Gasteiger partial charge in [-0.2, -0.15) is 0 Å². The third-order valence-corrected chi connectivity index (χ3v) is 4.38. The van der Waals surface area contributed by atoms with E-state index in [1.165, 1.54) is 11.8 Å². The SMILES string of the molecule is CCN(c1cccc(C)c1)c1cnc(C(=O)Nc2cc(C)ccc2OC)cn1. The van der Waals surface area contributed by atoms with Crippen LogP contribution in [0.5, 0.6) is 5.75 Å². The highest BCUT2D eigenvalue weighted by Gasteiger charge is 2.14. The van der Waals surface area contributed by atoms with Gasteiger partial charge in [0, 0.05) is 12.2 Å². The fraction of sp³-hybridized carbons (Fsp3) is 0.227. The fourth-order valence-corrected chi connectivity index (χ4v) is 2.96. The number of carbonyl (C=O) groups excluding carboxylic acids is 1. The normalized spacial score (nSPS) is 10.4. The first kappa shape index (κ1) is 19.4. The Morgan fingerprint density at radius 3 is 2.50 bits per heavy atom. The van der Waals surface area contributed by atoms with Crippen LogP contribution < -0.4 is 15.0 Å². The van der Waals surface area contributed by atoms with Gasteiger partial charge in [0.25, 0.3) is 5.91 Å². The van der Waals surface area contributed by atoms with Crippen molar-refractivity contribution >= 4 is 23.1 Å². The molecule has 2 aromatic carbocycles. The Labute approximate surface area is 165 Å². The van der Waals surface area contributed by atoms with Gasteiger partial charge in [-0.25, -0.2) is 9.97 Å². The van der Waals surface area contributed by atoms with E-state index in [1.54, 1.807) is 13.3 Å². The number of benzene rings is 2. The number of anilines is 3. The first-order valence-corrected chi connectivity index (χ1v) is 9.14. The molecule has 0 saturated heterocycles. The molecule has 0 unspecified atom stereocenters.